The van der Waals surface area contributed by atoms with Crippen LogP contribution in [0.4, 0.5) is 0 Å². The maximum atomic E-state index is 5.50. The molecule has 0 bridgehead atoms. The van der Waals surface area contributed by atoms with Gasteiger partial charge in [0.2, 0.25) is 0 Å². The van der Waals surface area contributed by atoms with E-state index >= 15 is 0 Å². The Labute approximate surface area is 79.7 Å². The van der Waals surface area contributed by atoms with Gasteiger partial charge in [0.05, 0.1) is 0 Å². The van der Waals surface area contributed by atoms with Crippen LogP contribution < -0.4 is 0 Å². The van der Waals surface area contributed by atoms with Crippen molar-refractivity contribution in [3.05, 3.63) is 23.9 Å². The van der Waals surface area contributed by atoms with Gasteiger partial charge in [0.25, 0.3) is 0 Å². The first-order valence-corrected chi connectivity index (χ1v) is 4.76. The number of hydrogen-bond acceptors (Lipinski definition) is 2. The van der Waals surface area contributed by atoms with Gasteiger partial charge in [0, 0.05) is 13.3 Å². The maximum Gasteiger partial charge on any atom is 0.191 e. The molecule has 1 heterocycles. The average Bonchev–Trinajstić information content (AvgIpc) is 2.46. The molecule has 1 aromatic heterocycles. The summed E-state index contributed by atoms with van der Waals surface area (Å²) in [7, 11) is 0. The smallest absolute Gasteiger partial charge is 0.191 e. The molecule has 0 amide bonds. The van der Waals surface area contributed by atoms with Gasteiger partial charge in [0.1, 0.15) is 11.5 Å². The number of hydrogen-bond donors (Lipinski definition) is 0. The van der Waals surface area contributed by atoms with Crippen molar-refractivity contribution in [3.63, 3.8) is 0 Å². The van der Waals surface area contributed by atoms with Gasteiger partial charge in [-0.2, -0.15) is 0 Å². The maximum absolute atomic E-state index is 5.50. The molecule has 0 radical (unpaired) electrons. The lowest BCUT2D eigenvalue weighted by molar-refractivity contribution is 0.431. The van der Waals surface area contributed by atoms with Crippen LogP contribution in [0.15, 0.2) is 11.0 Å². The van der Waals surface area contributed by atoms with Gasteiger partial charge in [-0.25, -0.2) is 4.98 Å². The third-order valence-electron chi connectivity index (χ3n) is 2.26. The largest absolute Gasteiger partial charge is 0.445 e. The molecule has 0 aliphatic heterocycles. The van der Waals surface area contributed by atoms with Gasteiger partial charge in [-0.3, -0.25) is 0 Å². The summed E-state index contributed by atoms with van der Waals surface area (Å²) in [6, 6.07) is 0. The van der Waals surface area contributed by atoms with E-state index in [0.29, 0.717) is 5.92 Å². The monoisotopic (exact) mass is 179 g/mol. The first-order valence-electron chi connectivity index (χ1n) is 4.76. The normalized spacial score (nSPS) is 12.8. The zero-order valence-electron chi connectivity index (χ0n) is 8.63. The van der Waals surface area contributed by atoms with Crippen LogP contribution in [0.5, 0.6) is 0 Å². The van der Waals surface area contributed by atoms with E-state index in [-0.39, 0.29) is 0 Å². The summed E-state index contributed by atoms with van der Waals surface area (Å²) in [4.78, 5) is 4.23. The SMILES string of the molecule is C=Cc1nc(C)oc1CC(C)CC. The second-order valence-electron chi connectivity index (χ2n) is 3.46. The molecule has 0 aromatic carbocycles. The van der Waals surface area contributed by atoms with Gasteiger partial charge < -0.3 is 4.42 Å². The molecule has 0 saturated heterocycles. The summed E-state index contributed by atoms with van der Waals surface area (Å²) in [6.45, 7) is 9.98. The van der Waals surface area contributed by atoms with Crippen molar-refractivity contribution in [3.8, 4) is 0 Å². The van der Waals surface area contributed by atoms with E-state index in [2.05, 4.69) is 25.4 Å². The lowest BCUT2D eigenvalue weighted by atomic mass is 10.0. The predicted molar refractivity (Wildman–Crippen MR) is 54.5 cm³/mol. The molecule has 0 fully saturated rings. The quantitative estimate of drug-likeness (QED) is 0.709. The van der Waals surface area contributed by atoms with Crippen LogP contribution in [-0.4, -0.2) is 4.98 Å². The van der Waals surface area contributed by atoms with Crippen molar-refractivity contribution in [2.45, 2.75) is 33.6 Å². The Kier molecular flexibility index (Phi) is 3.29. The fourth-order valence-corrected chi connectivity index (χ4v) is 1.25. The van der Waals surface area contributed by atoms with E-state index in [9.17, 15) is 0 Å². The third kappa shape index (κ3) is 2.44. The minimum Gasteiger partial charge on any atom is -0.445 e. The zero-order chi connectivity index (χ0) is 9.84. The highest BCUT2D eigenvalue weighted by Gasteiger charge is 2.10. The highest BCUT2D eigenvalue weighted by molar-refractivity contribution is 5.43. The molecule has 72 valence electrons. The molecule has 0 saturated carbocycles. The van der Waals surface area contributed by atoms with E-state index in [0.717, 1.165) is 30.2 Å². The van der Waals surface area contributed by atoms with Crippen molar-refractivity contribution >= 4 is 6.08 Å². The zero-order valence-corrected chi connectivity index (χ0v) is 8.63. The highest BCUT2D eigenvalue weighted by atomic mass is 16.4. The van der Waals surface area contributed by atoms with Gasteiger partial charge in [-0.15, -0.1) is 0 Å². The third-order valence-corrected chi connectivity index (χ3v) is 2.26. The van der Waals surface area contributed by atoms with Crippen molar-refractivity contribution in [1.29, 1.82) is 0 Å². The molecule has 2 heteroatoms. The Hall–Kier alpha value is -1.05. The first-order chi connectivity index (χ1) is 6.17. The van der Waals surface area contributed by atoms with Crippen LogP contribution in [0.1, 0.15) is 37.6 Å². The van der Waals surface area contributed by atoms with Crippen LogP contribution in [0.3, 0.4) is 0 Å². The van der Waals surface area contributed by atoms with Gasteiger partial charge in [0.15, 0.2) is 5.89 Å². The summed E-state index contributed by atoms with van der Waals surface area (Å²) >= 11 is 0. The Morgan fingerprint density at radius 1 is 1.62 bits per heavy atom. The van der Waals surface area contributed by atoms with Crippen LogP contribution in [0.25, 0.3) is 6.08 Å². The van der Waals surface area contributed by atoms with Crippen LogP contribution in [0.2, 0.25) is 0 Å². The van der Waals surface area contributed by atoms with Crippen molar-refractivity contribution in [2.24, 2.45) is 5.92 Å². The highest BCUT2D eigenvalue weighted by Crippen LogP contribution is 2.17. The molecule has 0 aliphatic carbocycles. The molecular formula is C11H17NO. The number of aromatic nitrogens is 1. The van der Waals surface area contributed by atoms with Crippen molar-refractivity contribution < 1.29 is 4.42 Å². The molecule has 1 rings (SSSR count). The summed E-state index contributed by atoms with van der Waals surface area (Å²) < 4.78 is 5.50. The number of aryl methyl sites for hydroxylation is 1. The summed E-state index contributed by atoms with van der Waals surface area (Å²) in [5.74, 6) is 2.35. The Morgan fingerprint density at radius 3 is 2.85 bits per heavy atom. The Morgan fingerprint density at radius 2 is 2.31 bits per heavy atom. The fraction of sp³-hybridized carbons (Fsp3) is 0.545. The summed E-state index contributed by atoms with van der Waals surface area (Å²) in [5, 5.41) is 0. The molecule has 1 atom stereocenters. The van der Waals surface area contributed by atoms with Crippen LogP contribution in [-0.2, 0) is 6.42 Å². The van der Waals surface area contributed by atoms with Gasteiger partial charge in [-0.1, -0.05) is 26.8 Å². The minimum atomic E-state index is 0.644. The van der Waals surface area contributed by atoms with Crippen LogP contribution in [0, 0.1) is 12.8 Å². The Bertz CT molecular complexity index is 288. The van der Waals surface area contributed by atoms with Crippen molar-refractivity contribution in [1.82, 2.24) is 4.98 Å². The first kappa shape index (κ1) is 10.0. The standard InChI is InChI=1S/C11H17NO/c1-5-8(3)7-11-10(6-2)12-9(4)13-11/h6,8H,2,5,7H2,1,3-4H3. The molecule has 13 heavy (non-hydrogen) atoms. The van der Waals surface area contributed by atoms with Crippen molar-refractivity contribution in [2.75, 3.05) is 0 Å². The molecule has 0 N–H and O–H groups in total. The molecule has 2 nitrogen and oxygen atoms in total. The fourth-order valence-electron chi connectivity index (χ4n) is 1.25. The van der Waals surface area contributed by atoms with E-state index in [1.165, 1.54) is 0 Å². The second-order valence-corrected chi connectivity index (χ2v) is 3.46. The Balaban J connectivity index is 2.80. The predicted octanol–water partition coefficient (Wildman–Crippen LogP) is 3.21. The van der Waals surface area contributed by atoms with Crippen LogP contribution >= 0.6 is 0 Å². The molecule has 1 unspecified atom stereocenters. The number of oxazole rings is 1. The topological polar surface area (TPSA) is 26.0 Å². The van der Waals surface area contributed by atoms with E-state index in [1.807, 2.05) is 6.92 Å². The molecule has 1 aromatic rings. The van der Waals surface area contributed by atoms with E-state index in [4.69, 9.17) is 4.42 Å². The van der Waals surface area contributed by atoms with E-state index in [1.54, 1.807) is 6.08 Å². The van der Waals surface area contributed by atoms with Gasteiger partial charge in [-0.05, 0) is 12.0 Å². The lowest BCUT2D eigenvalue weighted by Gasteiger charge is -2.04. The number of rotatable bonds is 4. The summed E-state index contributed by atoms with van der Waals surface area (Å²) in [6.07, 6.45) is 3.88. The van der Waals surface area contributed by atoms with E-state index < -0.39 is 0 Å². The molecule has 0 spiro atoms. The number of nitrogens with zero attached hydrogens (tertiary/aromatic N) is 1. The second kappa shape index (κ2) is 4.26. The summed E-state index contributed by atoms with van der Waals surface area (Å²) in [5.41, 5.74) is 0.901. The van der Waals surface area contributed by atoms with Gasteiger partial charge >= 0.3 is 0 Å². The minimum absolute atomic E-state index is 0.644. The molecular weight excluding hydrogens is 162 g/mol. The average molecular weight is 179 g/mol. The lowest BCUT2D eigenvalue weighted by Crippen LogP contribution is -1.97. The molecule has 0 aliphatic rings.